The Balaban J connectivity index is 2.11. The molecule has 0 aromatic heterocycles. The summed E-state index contributed by atoms with van der Waals surface area (Å²) >= 11 is 0. The molecule has 19 heavy (non-hydrogen) atoms. The van der Waals surface area contributed by atoms with E-state index in [1.807, 2.05) is 30.3 Å². The summed E-state index contributed by atoms with van der Waals surface area (Å²) in [7, 11) is 0. The van der Waals surface area contributed by atoms with Crippen molar-refractivity contribution >= 4 is 0 Å². The lowest BCUT2D eigenvalue weighted by Crippen LogP contribution is -1.98. The molecule has 2 N–H and O–H groups in total. The molecule has 0 atom stereocenters. The third-order valence-corrected chi connectivity index (χ3v) is 2.50. The smallest absolute Gasteiger partial charge is 0.135 e. The van der Waals surface area contributed by atoms with Gasteiger partial charge in [0.25, 0.3) is 0 Å². The summed E-state index contributed by atoms with van der Waals surface area (Å²) in [6.07, 6.45) is 0. The fourth-order valence-electron chi connectivity index (χ4n) is 1.63. The van der Waals surface area contributed by atoms with Crippen LogP contribution in [0.5, 0.6) is 5.75 Å². The zero-order chi connectivity index (χ0) is 13.5. The third-order valence-electron chi connectivity index (χ3n) is 2.50. The molecule has 2 rings (SSSR count). The highest BCUT2D eigenvalue weighted by molar-refractivity contribution is 5.46. The summed E-state index contributed by atoms with van der Waals surface area (Å²) in [4.78, 5) is 0. The quantitative estimate of drug-likeness (QED) is 0.856. The number of halogens is 1. The van der Waals surface area contributed by atoms with Gasteiger partial charge in [-0.1, -0.05) is 36.1 Å². The van der Waals surface area contributed by atoms with Gasteiger partial charge in [-0.3, -0.25) is 0 Å². The number of hydrogen-bond acceptors (Lipinski definition) is 2. The zero-order valence-electron chi connectivity index (χ0n) is 10.4. The van der Waals surface area contributed by atoms with Crippen molar-refractivity contribution in [3.63, 3.8) is 0 Å². The Morgan fingerprint density at radius 3 is 2.74 bits per heavy atom. The molecule has 2 aromatic rings. The zero-order valence-corrected chi connectivity index (χ0v) is 10.4. The van der Waals surface area contributed by atoms with Crippen LogP contribution < -0.4 is 10.5 Å². The molecule has 0 radical (unpaired) electrons. The van der Waals surface area contributed by atoms with Crippen LogP contribution in [-0.4, -0.2) is 6.54 Å². The molecule has 0 unspecified atom stereocenters. The van der Waals surface area contributed by atoms with Crippen LogP contribution in [0.1, 0.15) is 11.1 Å². The van der Waals surface area contributed by atoms with Crippen LogP contribution in [0.25, 0.3) is 0 Å². The maximum absolute atomic E-state index is 13.0. The Morgan fingerprint density at radius 2 is 1.95 bits per heavy atom. The Morgan fingerprint density at radius 1 is 1.11 bits per heavy atom. The van der Waals surface area contributed by atoms with E-state index >= 15 is 0 Å². The van der Waals surface area contributed by atoms with Crippen LogP contribution in [-0.2, 0) is 6.61 Å². The Labute approximate surface area is 112 Å². The van der Waals surface area contributed by atoms with E-state index in [1.54, 1.807) is 6.07 Å². The van der Waals surface area contributed by atoms with Crippen LogP contribution >= 0.6 is 0 Å². The second-order valence-corrected chi connectivity index (χ2v) is 3.92. The van der Waals surface area contributed by atoms with Gasteiger partial charge < -0.3 is 10.5 Å². The molecule has 0 amide bonds. The van der Waals surface area contributed by atoms with Gasteiger partial charge in [-0.05, 0) is 29.8 Å². The second kappa shape index (κ2) is 6.58. The molecule has 2 nitrogen and oxygen atoms in total. The van der Waals surface area contributed by atoms with Crippen LogP contribution in [0.15, 0.2) is 48.5 Å². The number of ether oxygens (including phenoxy) is 1. The minimum Gasteiger partial charge on any atom is -0.488 e. The largest absolute Gasteiger partial charge is 0.488 e. The first-order valence-corrected chi connectivity index (χ1v) is 5.95. The predicted molar refractivity (Wildman–Crippen MR) is 73.1 cm³/mol. The van der Waals surface area contributed by atoms with Crippen molar-refractivity contribution in [2.45, 2.75) is 6.61 Å². The van der Waals surface area contributed by atoms with E-state index in [1.165, 1.54) is 12.1 Å². The van der Waals surface area contributed by atoms with E-state index in [0.717, 1.165) is 11.1 Å². The van der Waals surface area contributed by atoms with Gasteiger partial charge in [-0.25, -0.2) is 4.39 Å². The lowest BCUT2D eigenvalue weighted by atomic mass is 10.2. The highest BCUT2D eigenvalue weighted by Crippen LogP contribution is 2.18. The number of nitrogens with two attached hydrogens (primary N) is 1. The average molecular weight is 255 g/mol. The monoisotopic (exact) mass is 255 g/mol. The Hall–Kier alpha value is -2.31. The molecular formula is C16H14FNO. The van der Waals surface area contributed by atoms with Gasteiger partial charge in [0.05, 0.1) is 12.1 Å². The standard InChI is InChI=1S/C16H14FNO/c17-15-8-3-5-13(11-15)12-19-16-9-2-1-6-14(16)7-4-10-18/h1-3,5-6,8-9,11H,10,12,18H2. The molecule has 0 bridgehead atoms. The minimum absolute atomic E-state index is 0.266. The third kappa shape index (κ3) is 3.84. The fraction of sp³-hybridized carbons (Fsp3) is 0.125. The topological polar surface area (TPSA) is 35.2 Å². The molecule has 2 aromatic carbocycles. The number of hydrogen-bond donors (Lipinski definition) is 1. The van der Waals surface area contributed by atoms with Gasteiger partial charge in [-0.2, -0.15) is 0 Å². The number of benzene rings is 2. The second-order valence-electron chi connectivity index (χ2n) is 3.92. The summed E-state index contributed by atoms with van der Waals surface area (Å²) in [6, 6.07) is 13.8. The molecule has 0 aliphatic carbocycles. The molecule has 0 saturated carbocycles. The molecule has 0 aliphatic rings. The van der Waals surface area contributed by atoms with Crippen LogP contribution in [0.2, 0.25) is 0 Å². The van der Waals surface area contributed by atoms with Crippen molar-refractivity contribution in [1.82, 2.24) is 0 Å². The first-order valence-electron chi connectivity index (χ1n) is 5.95. The Kier molecular flexibility index (Phi) is 4.54. The van der Waals surface area contributed by atoms with E-state index in [2.05, 4.69) is 11.8 Å². The summed E-state index contributed by atoms with van der Waals surface area (Å²) in [5.41, 5.74) is 6.91. The lowest BCUT2D eigenvalue weighted by Gasteiger charge is -2.08. The van der Waals surface area contributed by atoms with E-state index in [0.29, 0.717) is 18.9 Å². The van der Waals surface area contributed by atoms with E-state index in [-0.39, 0.29) is 5.82 Å². The van der Waals surface area contributed by atoms with Crippen molar-refractivity contribution in [2.24, 2.45) is 5.73 Å². The van der Waals surface area contributed by atoms with Crippen molar-refractivity contribution in [1.29, 1.82) is 0 Å². The molecule has 0 fully saturated rings. The molecule has 0 aliphatic heterocycles. The highest BCUT2D eigenvalue weighted by atomic mass is 19.1. The highest BCUT2D eigenvalue weighted by Gasteiger charge is 2.01. The molecule has 0 spiro atoms. The van der Waals surface area contributed by atoms with E-state index in [9.17, 15) is 4.39 Å². The van der Waals surface area contributed by atoms with Gasteiger partial charge in [-0.15, -0.1) is 0 Å². The maximum atomic E-state index is 13.0. The summed E-state index contributed by atoms with van der Waals surface area (Å²) in [5, 5.41) is 0. The first kappa shape index (κ1) is 13.1. The SMILES string of the molecule is NCC#Cc1ccccc1OCc1cccc(F)c1. The van der Waals surface area contributed by atoms with Crippen LogP contribution in [0.4, 0.5) is 4.39 Å². The van der Waals surface area contributed by atoms with Crippen molar-refractivity contribution in [2.75, 3.05) is 6.54 Å². The fourth-order valence-corrected chi connectivity index (χ4v) is 1.63. The van der Waals surface area contributed by atoms with Crippen molar-refractivity contribution in [3.05, 3.63) is 65.5 Å². The normalized spacial score (nSPS) is 9.58. The van der Waals surface area contributed by atoms with Gasteiger partial charge in [0.1, 0.15) is 18.2 Å². The molecule has 0 heterocycles. The first-order chi connectivity index (χ1) is 9.29. The predicted octanol–water partition coefficient (Wildman–Crippen LogP) is 2.71. The summed E-state index contributed by atoms with van der Waals surface area (Å²) in [6.45, 7) is 0.608. The molecule has 3 heteroatoms. The average Bonchev–Trinajstić information content (AvgIpc) is 2.44. The van der Waals surface area contributed by atoms with Gasteiger partial charge in [0.2, 0.25) is 0 Å². The van der Waals surface area contributed by atoms with Crippen molar-refractivity contribution < 1.29 is 9.13 Å². The summed E-state index contributed by atoms with van der Waals surface area (Å²) in [5.74, 6) is 6.14. The maximum Gasteiger partial charge on any atom is 0.135 e. The van der Waals surface area contributed by atoms with Gasteiger partial charge in [0.15, 0.2) is 0 Å². The lowest BCUT2D eigenvalue weighted by molar-refractivity contribution is 0.305. The molecule has 0 saturated heterocycles. The van der Waals surface area contributed by atoms with E-state index < -0.39 is 0 Å². The van der Waals surface area contributed by atoms with Crippen LogP contribution in [0.3, 0.4) is 0 Å². The van der Waals surface area contributed by atoms with Crippen LogP contribution in [0, 0.1) is 17.7 Å². The minimum atomic E-state index is -0.266. The Bertz CT molecular complexity index is 613. The molecular weight excluding hydrogens is 241 g/mol. The van der Waals surface area contributed by atoms with Crippen molar-refractivity contribution in [3.8, 4) is 17.6 Å². The molecule has 96 valence electrons. The summed E-state index contributed by atoms with van der Waals surface area (Å²) < 4.78 is 18.7. The van der Waals surface area contributed by atoms with Gasteiger partial charge >= 0.3 is 0 Å². The van der Waals surface area contributed by atoms with Gasteiger partial charge in [0, 0.05) is 0 Å². The number of para-hydroxylation sites is 1. The van der Waals surface area contributed by atoms with E-state index in [4.69, 9.17) is 10.5 Å². The number of rotatable bonds is 3.